The number of nitrogens with one attached hydrogen (secondary N) is 1. The van der Waals surface area contributed by atoms with Crippen LogP contribution in [0.2, 0.25) is 0 Å². The van der Waals surface area contributed by atoms with E-state index in [1.54, 1.807) is 0 Å². The van der Waals surface area contributed by atoms with Crippen LogP contribution in [0.1, 0.15) is 23.6 Å². The molecule has 0 atom stereocenters. The summed E-state index contributed by atoms with van der Waals surface area (Å²) >= 11 is 0. The highest BCUT2D eigenvalue weighted by molar-refractivity contribution is 5.92. The van der Waals surface area contributed by atoms with Crippen molar-refractivity contribution in [1.82, 2.24) is 0 Å². The Kier molecular flexibility index (Phi) is 5.98. The Morgan fingerprint density at radius 2 is 1.82 bits per heavy atom. The van der Waals surface area contributed by atoms with E-state index in [9.17, 15) is 0 Å². The molecule has 0 aliphatic carbocycles. The number of aryl methyl sites for hydroxylation is 1. The number of aliphatic hydroxyl groups excluding tert-OH is 1. The Hall–Kier alpha value is -2.33. The summed E-state index contributed by atoms with van der Waals surface area (Å²) in [6.07, 6.45) is 1.82. The fourth-order valence-electron chi connectivity index (χ4n) is 2.17. The number of nitrogens with two attached hydrogens (primary N) is 1. The first-order valence-corrected chi connectivity index (χ1v) is 7.56. The molecule has 0 aromatic heterocycles. The number of hydrogen-bond donors (Lipinski definition) is 3. The average Bonchev–Trinajstić information content (AvgIpc) is 2.55. The van der Waals surface area contributed by atoms with Crippen LogP contribution < -0.4 is 11.1 Å². The molecule has 2 aromatic carbocycles. The van der Waals surface area contributed by atoms with Crippen molar-refractivity contribution in [1.29, 1.82) is 0 Å². The van der Waals surface area contributed by atoms with Crippen molar-refractivity contribution in [2.45, 2.75) is 26.4 Å². The topological polar surface area (TPSA) is 70.6 Å². The first kappa shape index (κ1) is 16.0. The van der Waals surface area contributed by atoms with Crippen LogP contribution >= 0.6 is 0 Å². The molecule has 4 N–H and O–H groups in total. The molecular formula is C18H23N3O. The van der Waals surface area contributed by atoms with Gasteiger partial charge in [0.2, 0.25) is 0 Å². The van der Waals surface area contributed by atoms with Gasteiger partial charge in [-0.15, -0.1) is 0 Å². The first-order valence-electron chi connectivity index (χ1n) is 7.56. The summed E-state index contributed by atoms with van der Waals surface area (Å²) in [6, 6.07) is 16.0. The molecule has 0 aliphatic rings. The Labute approximate surface area is 131 Å². The zero-order chi connectivity index (χ0) is 15.8. The molecule has 4 heteroatoms. The Bertz CT molecular complexity index is 620. The maximum atomic E-state index is 9.01. The van der Waals surface area contributed by atoms with Gasteiger partial charge in [-0.2, -0.15) is 0 Å². The lowest BCUT2D eigenvalue weighted by Gasteiger charge is -2.07. The lowest BCUT2D eigenvalue weighted by molar-refractivity contribution is 0.282. The number of rotatable bonds is 6. The highest BCUT2D eigenvalue weighted by atomic mass is 16.3. The number of nitrogens with zero attached hydrogens (tertiary/aromatic N) is 1. The lowest BCUT2D eigenvalue weighted by atomic mass is 10.1. The Balaban J connectivity index is 1.86. The third kappa shape index (κ3) is 4.90. The first-order chi connectivity index (χ1) is 10.7. The minimum atomic E-state index is 0.0755. The molecule has 0 fully saturated rings. The van der Waals surface area contributed by atoms with E-state index in [4.69, 9.17) is 10.8 Å². The predicted octanol–water partition coefficient (Wildman–Crippen LogP) is 2.71. The van der Waals surface area contributed by atoms with E-state index in [2.05, 4.69) is 29.4 Å². The Morgan fingerprint density at radius 1 is 1.09 bits per heavy atom. The summed E-state index contributed by atoms with van der Waals surface area (Å²) in [5, 5.41) is 12.1. The summed E-state index contributed by atoms with van der Waals surface area (Å²) in [6.45, 7) is 2.83. The summed E-state index contributed by atoms with van der Waals surface area (Å²) < 4.78 is 0. The van der Waals surface area contributed by atoms with Crippen LogP contribution in [0.5, 0.6) is 0 Å². The molecular weight excluding hydrogens is 274 g/mol. The number of aliphatic hydroxyl groups is 1. The second-order valence-corrected chi connectivity index (χ2v) is 5.17. The van der Waals surface area contributed by atoms with Gasteiger partial charge >= 0.3 is 0 Å². The summed E-state index contributed by atoms with van der Waals surface area (Å²) in [4.78, 5) is 4.35. The second kappa shape index (κ2) is 8.20. The zero-order valence-corrected chi connectivity index (χ0v) is 12.9. The summed E-state index contributed by atoms with van der Waals surface area (Å²) in [5.41, 5.74) is 10.2. The van der Waals surface area contributed by atoms with Gasteiger partial charge in [0.1, 0.15) is 0 Å². The number of guanidine groups is 1. The van der Waals surface area contributed by atoms with Gasteiger partial charge < -0.3 is 16.2 Å². The SMILES string of the molecule is CCc1cccc(NC(N)=NCCc2ccc(CO)cc2)c1. The minimum Gasteiger partial charge on any atom is -0.392 e. The third-order valence-corrected chi connectivity index (χ3v) is 3.50. The Morgan fingerprint density at radius 3 is 2.50 bits per heavy atom. The van der Waals surface area contributed by atoms with Crippen molar-refractivity contribution in [2.24, 2.45) is 10.7 Å². The molecule has 0 spiro atoms. The smallest absolute Gasteiger partial charge is 0.193 e. The van der Waals surface area contributed by atoms with Gasteiger partial charge in [-0.1, -0.05) is 43.3 Å². The molecule has 0 aliphatic heterocycles. The van der Waals surface area contributed by atoms with E-state index in [0.717, 1.165) is 24.1 Å². The van der Waals surface area contributed by atoms with Crippen LogP contribution in [0, 0.1) is 0 Å². The number of benzene rings is 2. The van der Waals surface area contributed by atoms with Gasteiger partial charge in [-0.3, -0.25) is 4.99 Å². The van der Waals surface area contributed by atoms with Crippen LogP contribution in [0.4, 0.5) is 5.69 Å². The van der Waals surface area contributed by atoms with Crippen molar-refractivity contribution in [3.05, 3.63) is 65.2 Å². The molecule has 22 heavy (non-hydrogen) atoms. The number of anilines is 1. The predicted molar refractivity (Wildman–Crippen MR) is 92.0 cm³/mol. The highest BCUT2D eigenvalue weighted by Gasteiger charge is 1.97. The maximum Gasteiger partial charge on any atom is 0.193 e. The molecule has 116 valence electrons. The molecule has 0 bridgehead atoms. The molecule has 2 rings (SSSR count). The van der Waals surface area contributed by atoms with Crippen LogP contribution in [0.3, 0.4) is 0 Å². The van der Waals surface area contributed by atoms with Crippen LogP contribution in [0.25, 0.3) is 0 Å². The van der Waals surface area contributed by atoms with Crippen LogP contribution in [-0.2, 0) is 19.4 Å². The average molecular weight is 297 g/mol. The van der Waals surface area contributed by atoms with Crippen molar-refractivity contribution in [3.63, 3.8) is 0 Å². The summed E-state index contributed by atoms with van der Waals surface area (Å²) in [7, 11) is 0. The van der Waals surface area contributed by atoms with Crippen molar-refractivity contribution in [2.75, 3.05) is 11.9 Å². The molecule has 0 amide bonds. The van der Waals surface area contributed by atoms with Crippen molar-refractivity contribution >= 4 is 11.6 Å². The molecule has 0 unspecified atom stereocenters. The maximum absolute atomic E-state index is 9.01. The van der Waals surface area contributed by atoms with E-state index < -0.39 is 0 Å². The minimum absolute atomic E-state index is 0.0755. The van der Waals surface area contributed by atoms with Gasteiger partial charge in [0, 0.05) is 12.2 Å². The lowest BCUT2D eigenvalue weighted by Crippen LogP contribution is -2.23. The summed E-state index contributed by atoms with van der Waals surface area (Å²) in [5.74, 6) is 0.431. The van der Waals surface area contributed by atoms with Gasteiger partial charge in [0.25, 0.3) is 0 Å². The van der Waals surface area contributed by atoms with E-state index in [1.807, 2.05) is 36.4 Å². The largest absolute Gasteiger partial charge is 0.392 e. The van der Waals surface area contributed by atoms with Gasteiger partial charge in [-0.05, 0) is 41.7 Å². The van der Waals surface area contributed by atoms with Crippen molar-refractivity contribution in [3.8, 4) is 0 Å². The monoisotopic (exact) mass is 297 g/mol. The molecule has 4 nitrogen and oxygen atoms in total. The van der Waals surface area contributed by atoms with Crippen molar-refractivity contribution < 1.29 is 5.11 Å². The molecule has 0 radical (unpaired) electrons. The zero-order valence-electron chi connectivity index (χ0n) is 12.9. The van der Waals surface area contributed by atoms with Gasteiger partial charge in [0.05, 0.1) is 6.61 Å². The number of hydrogen-bond acceptors (Lipinski definition) is 2. The molecule has 0 heterocycles. The molecule has 0 saturated heterocycles. The van der Waals surface area contributed by atoms with Gasteiger partial charge in [-0.25, -0.2) is 0 Å². The van der Waals surface area contributed by atoms with Crippen LogP contribution in [-0.4, -0.2) is 17.6 Å². The third-order valence-electron chi connectivity index (χ3n) is 3.50. The fraction of sp³-hybridized carbons (Fsp3) is 0.278. The van der Waals surface area contributed by atoms with E-state index in [0.29, 0.717) is 12.5 Å². The van der Waals surface area contributed by atoms with E-state index >= 15 is 0 Å². The second-order valence-electron chi connectivity index (χ2n) is 5.17. The standard InChI is InChI=1S/C18H23N3O/c1-2-14-4-3-5-17(12-14)21-18(19)20-11-10-15-6-8-16(13-22)9-7-15/h3-9,12,22H,2,10-11,13H2,1H3,(H3,19,20,21). The molecule has 2 aromatic rings. The quantitative estimate of drug-likeness (QED) is 0.567. The van der Waals surface area contributed by atoms with Gasteiger partial charge in [0.15, 0.2) is 5.96 Å². The fourth-order valence-corrected chi connectivity index (χ4v) is 2.17. The number of aliphatic imine (C=N–C) groups is 1. The van der Waals surface area contributed by atoms with Crippen LogP contribution in [0.15, 0.2) is 53.5 Å². The molecule has 0 saturated carbocycles. The van der Waals surface area contributed by atoms with E-state index in [-0.39, 0.29) is 6.61 Å². The van der Waals surface area contributed by atoms with E-state index in [1.165, 1.54) is 11.1 Å². The highest BCUT2D eigenvalue weighted by Crippen LogP contribution is 2.10. The normalized spacial score (nSPS) is 11.5.